The summed E-state index contributed by atoms with van der Waals surface area (Å²) < 4.78 is 12.0. The third-order valence-electron chi connectivity index (χ3n) is 6.29. The van der Waals surface area contributed by atoms with Gasteiger partial charge in [0.25, 0.3) is 0 Å². The van der Waals surface area contributed by atoms with Crippen LogP contribution < -0.4 is 33.5 Å². The minimum absolute atomic E-state index is 0. The lowest BCUT2D eigenvalue weighted by Crippen LogP contribution is -3.00. The Morgan fingerprint density at radius 2 is 1.93 bits per heavy atom. The van der Waals surface area contributed by atoms with Gasteiger partial charge < -0.3 is 48.1 Å². The molecule has 29 heavy (non-hydrogen) atoms. The van der Waals surface area contributed by atoms with Gasteiger partial charge in [0.05, 0.1) is 33.4 Å². The second-order valence-corrected chi connectivity index (χ2v) is 8.50. The molecule has 5 nitrogen and oxygen atoms in total. The van der Waals surface area contributed by atoms with Crippen LogP contribution in [0.1, 0.15) is 41.1 Å². The normalized spacial score (nSPS) is 19.9. The number of likely N-dealkylation sites (N-methyl/N-ethyl adjacent to an activating group) is 1. The number of aliphatic hydroxyl groups is 2. The van der Waals surface area contributed by atoms with Crippen molar-refractivity contribution in [2.75, 3.05) is 27.4 Å². The zero-order valence-electron chi connectivity index (χ0n) is 17.1. The van der Waals surface area contributed by atoms with Crippen LogP contribution >= 0.6 is 0 Å². The molecule has 0 bridgehead atoms. The fourth-order valence-corrected chi connectivity index (χ4v) is 4.63. The van der Waals surface area contributed by atoms with Gasteiger partial charge in [-0.2, -0.15) is 0 Å². The largest absolute Gasteiger partial charge is 1.00 e. The molecule has 0 aliphatic carbocycles. The maximum atomic E-state index is 10.8. The highest BCUT2D eigenvalue weighted by Gasteiger charge is 2.41. The van der Waals surface area contributed by atoms with Crippen LogP contribution in [-0.4, -0.2) is 48.2 Å². The van der Waals surface area contributed by atoms with Crippen LogP contribution in [0.4, 0.5) is 0 Å². The van der Waals surface area contributed by atoms with E-state index in [-0.39, 0.29) is 43.4 Å². The standard InChI is InChI=1S/C23H30NO4.HI/c1-24(2)11-10-17-12-21-23(28-15-27-21)19(14-25)22(17)20(24)13-18(26)9-8-16-6-4-3-5-7-16;/h3-7,12,18,20,25-26H,8-11,13-15H2,1-2H3;1H/q+1;/p-1. The van der Waals surface area contributed by atoms with Crippen molar-refractivity contribution in [3.8, 4) is 11.5 Å². The summed E-state index contributed by atoms with van der Waals surface area (Å²) in [6.07, 6.45) is 2.80. The maximum absolute atomic E-state index is 10.8. The van der Waals surface area contributed by atoms with Gasteiger partial charge in [-0.15, -0.1) is 0 Å². The van der Waals surface area contributed by atoms with Crippen molar-refractivity contribution in [3.63, 3.8) is 0 Å². The molecule has 0 saturated heterocycles. The van der Waals surface area contributed by atoms with E-state index in [0.717, 1.165) is 47.2 Å². The summed E-state index contributed by atoms with van der Waals surface area (Å²) in [5.74, 6) is 1.41. The first-order valence-electron chi connectivity index (χ1n) is 10.1. The monoisotopic (exact) mass is 511 g/mol. The molecular weight excluding hydrogens is 481 g/mol. The number of ether oxygens (including phenoxy) is 2. The number of aryl methyl sites for hydroxylation is 1. The molecule has 2 aliphatic heterocycles. The third-order valence-corrected chi connectivity index (χ3v) is 6.29. The Kier molecular flexibility index (Phi) is 7.09. The van der Waals surface area contributed by atoms with Crippen LogP contribution in [0.15, 0.2) is 36.4 Å². The molecule has 0 aromatic heterocycles. The molecule has 0 amide bonds. The van der Waals surface area contributed by atoms with E-state index in [1.54, 1.807) is 0 Å². The number of quaternary nitrogens is 1. The van der Waals surface area contributed by atoms with E-state index in [4.69, 9.17) is 9.47 Å². The fourth-order valence-electron chi connectivity index (χ4n) is 4.63. The van der Waals surface area contributed by atoms with E-state index >= 15 is 0 Å². The van der Waals surface area contributed by atoms with Crippen molar-refractivity contribution >= 4 is 0 Å². The summed E-state index contributed by atoms with van der Waals surface area (Å²) in [6, 6.07) is 12.5. The minimum atomic E-state index is -0.398. The molecule has 2 aliphatic rings. The molecule has 0 spiro atoms. The van der Waals surface area contributed by atoms with E-state index in [2.05, 4.69) is 32.3 Å². The molecular formula is C23H30INO4. The third kappa shape index (κ3) is 4.55. The van der Waals surface area contributed by atoms with E-state index in [1.807, 2.05) is 18.2 Å². The molecule has 2 N–H and O–H groups in total. The average molecular weight is 511 g/mol. The Labute approximate surface area is 189 Å². The number of nitrogens with zero attached hydrogens (tertiary/aromatic N) is 1. The van der Waals surface area contributed by atoms with Crippen LogP contribution in [0.5, 0.6) is 11.5 Å². The highest BCUT2D eigenvalue weighted by molar-refractivity contribution is 5.56. The molecule has 0 fully saturated rings. The number of fused-ring (bicyclic) bond motifs is 2. The van der Waals surface area contributed by atoms with E-state index in [0.29, 0.717) is 12.2 Å². The van der Waals surface area contributed by atoms with Crippen molar-refractivity contribution in [2.45, 2.75) is 44.4 Å². The molecule has 2 heterocycles. The highest BCUT2D eigenvalue weighted by atomic mass is 127. The molecule has 4 rings (SSSR count). The Balaban J connectivity index is 0.00000240. The van der Waals surface area contributed by atoms with Crippen LogP contribution in [0.25, 0.3) is 0 Å². The predicted octanol–water partition coefficient (Wildman–Crippen LogP) is -0.0310. The lowest BCUT2D eigenvalue weighted by Gasteiger charge is -2.44. The van der Waals surface area contributed by atoms with Crippen LogP contribution in [0.2, 0.25) is 0 Å². The van der Waals surface area contributed by atoms with E-state index < -0.39 is 6.10 Å². The van der Waals surface area contributed by atoms with Gasteiger partial charge >= 0.3 is 0 Å². The highest BCUT2D eigenvalue weighted by Crippen LogP contribution is 2.47. The zero-order valence-corrected chi connectivity index (χ0v) is 19.3. The molecule has 2 aromatic carbocycles. The molecule has 158 valence electrons. The van der Waals surface area contributed by atoms with Crippen LogP contribution in [0.3, 0.4) is 0 Å². The number of rotatable bonds is 6. The van der Waals surface area contributed by atoms with E-state index in [1.165, 1.54) is 11.1 Å². The first kappa shape index (κ1) is 22.3. The van der Waals surface area contributed by atoms with Gasteiger partial charge in [0.1, 0.15) is 6.04 Å². The molecule has 6 heteroatoms. The van der Waals surface area contributed by atoms with E-state index in [9.17, 15) is 10.2 Å². The molecule has 0 saturated carbocycles. The van der Waals surface area contributed by atoms with Crippen LogP contribution in [-0.2, 0) is 19.4 Å². The van der Waals surface area contributed by atoms with Gasteiger partial charge in [0.15, 0.2) is 11.5 Å². The molecule has 2 aromatic rings. The number of hydrogen-bond donors (Lipinski definition) is 2. The lowest BCUT2D eigenvalue weighted by molar-refractivity contribution is -0.924. The molecule has 2 atom stereocenters. The van der Waals surface area contributed by atoms with Crippen molar-refractivity contribution < 1.29 is 48.1 Å². The quantitative estimate of drug-likeness (QED) is 0.423. The van der Waals surface area contributed by atoms with Crippen molar-refractivity contribution in [2.24, 2.45) is 0 Å². The topological polar surface area (TPSA) is 58.9 Å². The summed E-state index contributed by atoms with van der Waals surface area (Å²) in [6.45, 7) is 1.12. The average Bonchev–Trinajstić information content (AvgIpc) is 3.16. The Morgan fingerprint density at radius 1 is 1.17 bits per heavy atom. The molecule has 2 unspecified atom stereocenters. The number of aliphatic hydroxyl groups excluding tert-OH is 2. The van der Waals surface area contributed by atoms with Crippen molar-refractivity contribution in [1.82, 2.24) is 0 Å². The van der Waals surface area contributed by atoms with Gasteiger partial charge in [-0.3, -0.25) is 0 Å². The van der Waals surface area contributed by atoms with Crippen LogP contribution in [0, 0.1) is 0 Å². The smallest absolute Gasteiger partial charge is 0.231 e. The Hall–Kier alpha value is -1.35. The number of hydrogen-bond acceptors (Lipinski definition) is 4. The Bertz CT molecular complexity index is 841. The van der Waals surface area contributed by atoms with Crippen molar-refractivity contribution in [1.29, 1.82) is 0 Å². The van der Waals surface area contributed by atoms with Gasteiger partial charge in [-0.1, -0.05) is 30.3 Å². The maximum Gasteiger partial charge on any atom is 0.231 e. The summed E-state index contributed by atoms with van der Waals surface area (Å²) in [7, 11) is 4.42. The molecule has 0 radical (unpaired) electrons. The second kappa shape index (κ2) is 9.20. The zero-order chi connectivity index (χ0) is 19.7. The van der Waals surface area contributed by atoms with Gasteiger partial charge in [0.2, 0.25) is 6.79 Å². The summed E-state index contributed by atoms with van der Waals surface area (Å²) in [5, 5.41) is 21.0. The summed E-state index contributed by atoms with van der Waals surface area (Å²) in [5.41, 5.74) is 4.43. The SMILES string of the molecule is C[N+]1(C)CCc2cc3c(c(CO)c2C1CC(O)CCc1ccccc1)OCO3.[I-]. The minimum Gasteiger partial charge on any atom is -1.00 e. The number of benzene rings is 2. The van der Waals surface area contributed by atoms with Gasteiger partial charge in [-0.05, 0) is 30.0 Å². The number of halogens is 1. The summed E-state index contributed by atoms with van der Waals surface area (Å²) in [4.78, 5) is 0. The predicted molar refractivity (Wildman–Crippen MR) is 107 cm³/mol. The summed E-state index contributed by atoms with van der Waals surface area (Å²) >= 11 is 0. The fraction of sp³-hybridized carbons (Fsp3) is 0.478. The van der Waals surface area contributed by atoms with Gasteiger partial charge in [-0.25, -0.2) is 0 Å². The van der Waals surface area contributed by atoms with Crippen molar-refractivity contribution in [3.05, 3.63) is 58.7 Å². The lowest BCUT2D eigenvalue weighted by atomic mass is 9.83. The van der Waals surface area contributed by atoms with Gasteiger partial charge in [0, 0.05) is 24.0 Å². The Morgan fingerprint density at radius 3 is 2.66 bits per heavy atom. The first-order valence-corrected chi connectivity index (χ1v) is 10.1. The second-order valence-electron chi connectivity index (χ2n) is 8.50. The first-order chi connectivity index (χ1) is 13.5.